The summed E-state index contributed by atoms with van der Waals surface area (Å²) in [4.78, 5) is 12.0. The summed E-state index contributed by atoms with van der Waals surface area (Å²) in [5.74, 6) is 0.291. The summed E-state index contributed by atoms with van der Waals surface area (Å²) in [6.07, 6.45) is -0.0103. The second kappa shape index (κ2) is 8.09. The van der Waals surface area contributed by atoms with Crippen LogP contribution in [0, 0.1) is 5.82 Å². The third-order valence-corrected chi connectivity index (χ3v) is 4.11. The lowest BCUT2D eigenvalue weighted by molar-refractivity contribution is -0.123. The van der Waals surface area contributed by atoms with Crippen molar-refractivity contribution >= 4 is 5.91 Å². The van der Waals surface area contributed by atoms with Gasteiger partial charge < -0.3 is 20.5 Å². The minimum Gasteiger partial charge on any atom is -0.489 e. The summed E-state index contributed by atoms with van der Waals surface area (Å²) >= 11 is 0. The summed E-state index contributed by atoms with van der Waals surface area (Å²) in [5.41, 5.74) is 1.72. The highest BCUT2D eigenvalue weighted by Gasteiger charge is 2.27. The second-order valence-corrected chi connectivity index (χ2v) is 6.13. The number of β-amino-alcohol motifs (C(OH)–C–C–N with tert-alkyl or cyclic N) is 1. The van der Waals surface area contributed by atoms with Crippen molar-refractivity contribution in [2.75, 3.05) is 6.54 Å². The molecule has 25 heavy (non-hydrogen) atoms. The van der Waals surface area contributed by atoms with E-state index in [0.29, 0.717) is 31.9 Å². The van der Waals surface area contributed by atoms with Crippen LogP contribution in [0.25, 0.3) is 0 Å². The predicted molar refractivity (Wildman–Crippen MR) is 91.4 cm³/mol. The number of hydrogen-bond donors (Lipinski definition) is 3. The molecule has 2 aromatic carbocycles. The Morgan fingerprint density at radius 1 is 1.24 bits per heavy atom. The molecule has 0 saturated carbocycles. The molecule has 3 rings (SSSR count). The molecule has 1 amide bonds. The van der Waals surface area contributed by atoms with E-state index in [2.05, 4.69) is 10.6 Å². The maximum absolute atomic E-state index is 13.1. The first-order valence-electron chi connectivity index (χ1n) is 8.25. The van der Waals surface area contributed by atoms with Gasteiger partial charge in [0, 0.05) is 13.1 Å². The first-order chi connectivity index (χ1) is 12.1. The van der Waals surface area contributed by atoms with Crippen molar-refractivity contribution in [3.05, 3.63) is 65.5 Å². The number of hydrogen-bond acceptors (Lipinski definition) is 4. The van der Waals surface area contributed by atoms with E-state index in [4.69, 9.17) is 4.74 Å². The van der Waals surface area contributed by atoms with Crippen molar-refractivity contribution in [3.63, 3.8) is 0 Å². The third kappa shape index (κ3) is 5.01. The molecule has 0 aromatic heterocycles. The van der Waals surface area contributed by atoms with E-state index in [1.54, 1.807) is 12.1 Å². The molecule has 5 nitrogen and oxygen atoms in total. The summed E-state index contributed by atoms with van der Waals surface area (Å²) in [7, 11) is 0. The molecule has 0 spiro atoms. The molecule has 132 valence electrons. The fraction of sp³-hybridized carbons (Fsp3) is 0.316. The fourth-order valence-corrected chi connectivity index (χ4v) is 2.73. The Morgan fingerprint density at radius 3 is 2.72 bits per heavy atom. The average molecular weight is 344 g/mol. The van der Waals surface area contributed by atoms with Crippen molar-refractivity contribution < 1.29 is 19.0 Å². The molecule has 1 aliphatic rings. The molecule has 1 heterocycles. The number of carbonyl (C=O) groups is 1. The zero-order valence-electron chi connectivity index (χ0n) is 13.7. The van der Waals surface area contributed by atoms with Gasteiger partial charge in [-0.2, -0.15) is 0 Å². The normalized spacial score (nSPS) is 19.6. The van der Waals surface area contributed by atoms with Gasteiger partial charge in [0.1, 0.15) is 18.2 Å². The lowest BCUT2D eigenvalue weighted by atomic mass is 10.1. The van der Waals surface area contributed by atoms with Gasteiger partial charge >= 0.3 is 0 Å². The average Bonchev–Trinajstić information content (AvgIpc) is 3.05. The van der Waals surface area contributed by atoms with Crippen molar-refractivity contribution in [3.8, 4) is 5.75 Å². The van der Waals surface area contributed by atoms with E-state index in [0.717, 1.165) is 11.1 Å². The maximum atomic E-state index is 13.1. The lowest BCUT2D eigenvalue weighted by Crippen LogP contribution is -2.39. The number of rotatable bonds is 6. The summed E-state index contributed by atoms with van der Waals surface area (Å²) in [6, 6.07) is 13.3. The minimum atomic E-state index is -0.453. The molecule has 1 saturated heterocycles. The Bertz CT molecular complexity index is 721. The molecule has 2 atom stereocenters. The maximum Gasteiger partial charge on any atom is 0.237 e. The molecule has 1 fully saturated rings. The molecule has 0 bridgehead atoms. The van der Waals surface area contributed by atoms with Crippen LogP contribution in [-0.4, -0.2) is 29.7 Å². The zero-order valence-corrected chi connectivity index (χ0v) is 13.7. The van der Waals surface area contributed by atoms with Gasteiger partial charge in [-0.1, -0.05) is 24.3 Å². The highest BCUT2D eigenvalue weighted by atomic mass is 19.1. The van der Waals surface area contributed by atoms with Crippen LogP contribution in [0.3, 0.4) is 0 Å². The number of halogens is 1. The van der Waals surface area contributed by atoms with Crippen LogP contribution >= 0.6 is 0 Å². The van der Waals surface area contributed by atoms with E-state index in [1.165, 1.54) is 12.1 Å². The Kier molecular flexibility index (Phi) is 5.63. The van der Waals surface area contributed by atoms with Gasteiger partial charge in [0.05, 0.1) is 12.1 Å². The van der Waals surface area contributed by atoms with Crippen molar-refractivity contribution in [2.45, 2.75) is 31.7 Å². The van der Waals surface area contributed by atoms with E-state index in [9.17, 15) is 14.3 Å². The Balaban J connectivity index is 1.46. The number of amides is 1. The smallest absolute Gasteiger partial charge is 0.237 e. The topological polar surface area (TPSA) is 70.6 Å². The number of benzene rings is 2. The van der Waals surface area contributed by atoms with E-state index >= 15 is 0 Å². The lowest BCUT2D eigenvalue weighted by Gasteiger charge is -2.11. The predicted octanol–water partition coefficient (Wildman–Crippen LogP) is 1.74. The summed E-state index contributed by atoms with van der Waals surface area (Å²) in [5, 5.41) is 15.3. The van der Waals surface area contributed by atoms with Crippen LogP contribution in [0.2, 0.25) is 0 Å². The summed E-state index contributed by atoms with van der Waals surface area (Å²) < 4.78 is 18.7. The number of aliphatic hydroxyl groups excluding tert-OH is 1. The first-order valence-corrected chi connectivity index (χ1v) is 8.25. The molecule has 3 N–H and O–H groups in total. The molecule has 6 heteroatoms. The van der Waals surface area contributed by atoms with Crippen LogP contribution in [0.4, 0.5) is 4.39 Å². The van der Waals surface area contributed by atoms with E-state index in [-0.39, 0.29) is 17.8 Å². The number of ether oxygens (including phenoxy) is 1. The largest absolute Gasteiger partial charge is 0.489 e. The van der Waals surface area contributed by atoms with Gasteiger partial charge in [-0.3, -0.25) is 4.79 Å². The zero-order chi connectivity index (χ0) is 17.6. The van der Waals surface area contributed by atoms with Gasteiger partial charge in [-0.25, -0.2) is 4.39 Å². The Hall–Kier alpha value is -2.44. The van der Waals surface area contributed by atoms with Gasteiger partial charge in [-0.05, 0) is 41.8 Å². The third-order valence-electron chi connectivity index (χ3n) is 4.11. The SMILES string of the molecule is O=C(NCc1ccc(OCc2cccc(F)c2)cc1)C1CC(O)CN1. The number of aliphatic hydroxyl groups is 1. The number of carbonyl (C=O) groups excluding carboxylic acids is 1. The standard InChI is InChI=1S/C19H21FN2O3/c20-15-3-1-2-14(8-15)12-25-17-6-4-13(5-7-17)10-22-19(24)18-9-16(23)11-21-18/h1-8,16,18,21,23H,9-12H2,(H,22,24). The quantitative estimate of drug-likeness (QED) is 0.747. The van der Waals surface area contributed by atoms with E-state index in [1.807, 2.05) is 24.3 Å². The highest BCUT2D eigenvalue weighted by molar-refractivity contribution is 5.82. The van der Waals surface area contributed by atoms with E-state index < -0.39 is 6.10 Å². The second-order valence-electron chi connectivity index (χ2n) is 6.13. The van der Waals surface area contributed by atoms with Crippen LogP contribution in [0.5, 0.6) is 5.75 Å². The molecule has 0 radical (unpaired) electrons. The molecule has 1 aliphatic heterocycles. The van der Waals surface area contributed by atoms with Crippen molar-refractivity contribution in [2.24, 2.45) is 0 Å². The Labute approximate surface area is 145 Å². The van der Waals surface area contributed by atoms with Crippen LogP contribution in [0.1, 0.15) is 17.5 Å². The van der Waals surface area contributed by atoms with Gasteiger partial charge in [0.2, 0.25) is 5.91 Å². The fourth-order valence-electron chi connectivity index (χ4n) is 2.73. The summed E-state index contributed by atoms with van der Waals surface area (Å²) in [6.45, 7) is 1.16. The van der Waals surface area contributed by atoms with Crippen molar-refractivity contribution in [1.29, 1.82) is 0 Å². The van der Waals surface area contributed by atoms with Crippen molar-refractivity contribution in [1.82, 2.24) is 10.6 Å². The van der Waals surface area contributed by atoms with Gasteiger partial charge in [-0.15, -0.1) is 0 Å². The monoisotopic (exact) mass is 344 g/mol. The Morgan fingerprint density at radius 2 is 2.04 bits per heavy atom. The van der Waals surface area contributed by atoms with Gasteiger partial charge in [0.15, 0.2) is 0 Å². The number of nitrogens with one attached hydrogen (secondary N) is 2. The van der Waals surface area contributed by atoms with Gasteiger partial charge in [0.25, 0.3) is 0 Å². The molecule has 0 aliphatic carbocycles. The first kappa shape index (κ1) is 17.4. The van der Waals surface area contributed by atoms with Crippen LogP contribution in [-0.2, 0) is 17.9 Å². The molecule has 2 aromatic rings. The molecule has 2 unspecified atom stereocenters. The molecular weight excluding hydrogens is 323 g/mol. The molecular formula is C19H21FN2O3. The minimum absolute atomic E-state index is 0.108. The van der Waals surface area contributed by atoms with Crippen LogP contribution in [0.15, 0.2) is 48.5 Å². The van der Waals surface area contributed by atoms with Crippen LogP contribution < -0.4 is 15.4 Å². The highest BCUT2D eigenvalue weighted by Crippen LogP contribution is 2.15.